The van der Waals surface area contributed by atoms with Crippen LogP contribution in [0, 0.1) is 0 Å². The Bertz CT molecular complexity index is 1010. The summed E-state index contributed by atoms with van der Waals surface area (Å²) in [7, 11) is 3.53. The van der Waals surface area contributed by atoms with Crippen molar-refractivity contribution in [1.82, 2.24) is 4.90 Å². The van der Waals surface area contributed by atoms with Crippen LogP contribution in [-0.4, -0.2) is 43.4 Å². The zero-order valence-electron chi connectivity index (χ0n) is 15.8. The standard InChI is InChI=1S/C21H24ClNO4/c1-4-14(12-24)23(2)8-7-13-5-6-18-15(9-13)21(25)16-10-17(22)20(26-3)11-19(16)27-18/h5-6,9-11,14,24H,4,7-8,12H2,1-3H3/t14-/m1/s1. The highest BCUT2D eigenvalue weighted by Gasteiger charge is 2.14. The fraction of sp³-hybridized carbons (Fsp3) is 0.381. The average molecular weight is 390 g/mol. The Hall–Kier alpha value is -2.08. The van der Waals surface area contributed by atoms with Crippen LogP contribution < -0.4 is 10.2 Å². The molecule has 0 amide bonds. The van der Waals surface area contributed by atoms with Crippen molar-refractivity contribution in [1.29, 1.82) is 0 Å². The van der Waals surface area contributed by atoms with Crippen LogP contribution in [-0.2, 0) is 6.42 Å². The SMILES string of the molecule is CC[C@H](CO)N(C)CCc1ccc2oc3cc(OC)c(Cl)cc3c(=O)c2c1. The molecule has 0 radical (unpaired) electrons. The van der Waals surface area contributed by atoms with Crippen molar-refractivity contribution >= 4 is 33.5 Å². The summed E-state index contributed by atoms with van der Waals surface area (Å²) < 4.78 is 11.1. The molecule has 0 spiro atoms. The first-order valence-electron chi connectivity index (χ1n) is 9.02. The van der Waals surface area contributed by atoms with Crippen LogP contribution >= 0.6 is 11.6 Å². The summed E-state index contributed by atoms with van der Waals surface area (Å²) in [5.74, 6) is 0.473. The second kappa shape index (κ2) is 8.30. The van der Waals surface area contributed by atoms with Gasteiger partial charge < -0.3 is 19.2 Å². The van der Waals surface area contributed by atoms with Crippen LogP contribution in [0.3, 0.4) is 0 Å². The van der Waals surface area contributed by atoms with Crippen molar-refractivity contribution in [3.05, 3.63) is 51.1 Å². The average Bonchev–Trinajstić information content (AvgIpc) is 2.68. The van der Waals surface area contributed by atoms with Gasteiger partial charge in [-0.2, -0.15) is 0 Å². The summed E-state index contributed by atoms with van der Waals surface area (Å²) in [6.45, 7) is 3.00. The molecule has 0 saturated carbocycles. The van der Waals surface area contributed by atoms with Gasteiger partial charge in [-0.25, -0.2) is 0 Å². The van der Waals surface area contributed by atoms with Gasteiger partial charge in [-0.15, -0.1) is 0 Å². The number of halogens is 1. The molecule has 3 rings (SSSR count). The Balaban J connectivity index is 1.96. The second-order valence-electron chi connectivity index (χ2n) is 6.72. The number of nitrogens with zero attached hydrogens (tertiary/aromatic N) is 1. The fourth-order valence-electron chi connectivity index (χ4n) is 3.28. The molecule has 0 saturated heterocycles. The van der Waals surface area contributed by atoms with Crippen molar-refractivity contribution in [2.75, 3.05) is 27.3 Å². The topological polar surface area (TPSA) is 62.9 Å². The molecule has 6 heteroatoms. The van der Waals surface area contributed by atoms with Crippen LogP contribution in [0.15, 0.2) is 39.5 Å². The van der Waals surface area contributed by atoms with Gasteiger partial charge in [-0.3, -0.25) is 4.79 Å². The summed E-state index contributed by atoms with van der Waals surface area (Å²) >= 11 is 6.17. The fourth-order valence-corrected chi connectivity index (χ4v) is 3.52. The minimum Gasteiger partial charge on any atom is -0.495 e. The molecule has 1 N–H and O–H groups in total. The number of rotatable bonds is 7. The first-order valence-corrected chi connectivity index (χ1v) is 9.40. The third-order valence-corrected chi connectivity index (χ3v) is 5.36. The van der Waals surface area contributed by atoms with Crippen molar-refractivity contribution < 1.29 is 14.3 Å². The van der Waals surface area contributed by atoms with E-state index in [0.717, 1.165) is 24.9 Å². The zero-order chi connectivity index (χ0) is 19.6. The van der Waals surface area contributed by atoms with Gasteiger partial charge in [0, 0.05) is 18.7 Å². The molecule has 0 unspecified atom stereocenters. The molecule has 0 aliphatic heterocycles. The van der Waals surface area contributed by atoms with Crippen molar-refractivity contribution in [3.63, 3.8) is 0 Å². The highest BCUT2D eigenvalue weighted by Crippen LogP contribution is 2.30. The highest BCUT2D eigenvalue weighted by atomic mass is 35.5. The van der Waals surface area contributed by atoms with E-state index in [1.807, 2.05) is 25.2 Å². The maximum absolute atomic E-state index is 12.9. The summed E-state index contributed by atoms with van der Waals surface area (Å²) in [5, 5.41) is 10.8. The maximum Gasteiger partial charge on any atom is 0.200 e. The summed E-state index contributed by atoms with van der Waals surface area (Å²) in [6, 6.07) is 9.06. The van der Waals surface area contributed by atoms with Crippen LogP contribution in [0.5, 0.6) is 5.75 Å². The van der Waals surface area contributed by atoms with Gasteiger partial charge in [0.25, 0.3) is 0 Å². The van der Waals surface area contributed by atoms with Gasteiger partial charge in [-0.05, 0) is 43.7 Å². The van der Waals surface area contributed by atoms with Crippen LogP contribution in [0.25, 0.3) is 21.9 Å². The number of benzene rings is 2. The maximum atomic E-state index is 12.9. The van der Waals surface area contributed by atoms with Crippen LogP contribution in [0.2, 0.25) is 5.02 Å². The van der Waals surface area contributed by atoms with E-state index in [1.165, 1.54) is 7.11 Å². The van der Waals surface area contributed by atoms with E-state index in [1.54, 1.807) is 12.1 Å². The number of likely N-dealkylation sites (N-methyl/N-ethyl adjacent to an activating group) is 1. The predicted octanol–water partition coefficient (Wildman–Crippen LogP) is 3.85. The lowest BCUT2D eigenvalue weighted by atomic mass is 10.1. The van der Waals surface area contributed by atoms with E-state index < -0.39 is 0 Å². The highest BCUT2D eigenvalue weighted by molar-refractivity contribution is 6.32. The van der Waals surface area contributed by atoms with Gasteiger partial charge in [0.15, 0.2) is 0 Å². The molecular formula is C21H24ClNO4. The lowest BCUT2D eigenvalue weighted by molar-refractivity contribution is 0.144. The number of aliphatic hydroxyl groups is 1. The number of methoxy groups -OCH3 is 1. The molecule has 2 aromatic carbocycles. The van der Waals surface area contributed by atoms with E-state index in [9.17, 15) is 9.90 Å². The normalized spacial score (nSPS) is 12.8. The van der Waals surface area contributed by atoms with E-state index in [-0.39, 0.29) is 18.1 Å². The lowest BCUT2D eigenvalue weighted by Crippen LogP contribution is -2.35. The third kappa shape index (κ3) is 3.95. The van der Waals surface area contributed by atoms with Gasteiger partial charge >= 0.3 is 0 Å². The molecule has 0 aliphatic rings. The number of hydrogen-bond acceptors (Lipinski definition) is 5. The predicted molar refractivity (Wildman–Crippen MR) is 109 cm³/mol. The Kier molecular flexibility index (Phi) is 6.05. The van der Waals surface area contributed by atoms with Gasteiger partial charge in [0.1, 0.15) is 16.9 Å². The summed E-state index contributed by atoms with van der Waals surface area (Å²) in [4.78, 5) is 15.1. The summed E-state index contributed by atoms with van der Waals surface area (Å²) in [5.41, 5.74) is 1.94. The number of ether oxygens (including phenoxy) is 1. The molecule has 1 atom stereocenters. The zero-order valence-corrected chi connectivity index (χ0v) is 16.5. The Morgan fingerprint density at radius 1 is 1.22 bits per heavy atom. The molecule has 144 valence electrons. The number of fused-ring (bicyclic) bond motifs is 2. The lowest BCUT2D eigenvalue weighted by Gasteiger charge is -2.25. The first kappa shape index (κ1) is 19.7. The van der Waals surface area contributed by atoms with Crippen molar-refractivity contribution in [3.8, 4) is 5.75 Å². The van der Waals surface area contributed by atoms with Gasteiger partial charge in [0.2, 0.25) is 5.43 Å². The Morgan fingerprint density at radius 2 is 1.96 bits per heavy atom. The first-order chi connectivity index (χ1) is 13.0. The molecule has 0 fully saturated rings. The number of aliphatic hydroxyl groups excluding tert-OH is 1. The largest absolute Gasteiger partial charge is 0.495 e. The molecule has 1 heterocycles. The Morgan fingerprint density at radius 3 is 2.63 bits per heavy atom. The molecular weight excluding hydrogens is 366 g/mol. The minimum absolute atomic E-state index is 0.104. The van der Waals surface area contributed by atoms with Crippen molar-refractivity contribution in [2.45, 2.75) is 25.8 Å². The van der Waals surface area contributed by atoms with Gasteiger partial charge in [-0.1, -0.05) is 24.6 Å². The smallest absolute Gasteiger partial charge is 0.200 e. The second-order valence-corrected chi connectivity index (χ2v) is 7.13. The van der Waals surface area contributed by atoms with E-state index in [0.29, 0.717) is 32.7 Å². The van der Waals surface area contributed by atoms with Gasteiger partial charge in [0.05, 0.1) is 29.5 Å². The molecule has 0 aliphatic carbocycles. The third-order valence-electron chi connectivity index (χ3n) is 5.07. The molecule has 5 nitrogen and oxygen atoms in total. The van der Waals surface area contributed by atoms with Crippen molar-refractivity contribution in [2.24, 2.45) is 0 Å². The van der Waals surface area contributed by atoms with E-state index >= 15 is 0 Å². The monoisotopic (exact) mass is 389 g/mol. The quantitative estimate of drug-likeness (QED) is 0.622. The molecule has 27 heavy (non-hydrogen) atoms. The summed E-state index contributed by atoms with van der Waals surface area (Å²) in [6.07, 6.45) is 1.67. The minimum atomic E-state index is -0.104. The van der Waals surface area contributed by atoms with Crippen LogP contribution in [0.1, 0.15) is 18.9 Å². The van der Waals surface area contributed by atoms with Crippen LogP contribution in [0.4, 0.5) is 0 Å². The van der Waals surface area contributed by atoms with E-state index in [4.69, 9.17) is 20.8 Å². The molecule has 1 aromatic heterocycles. The molecule has 0 bridgehead atoms. The Labute approximate surface area is 163 Å². The number of hydrogen-bond donors (Lipinski definition) is 1. The molecule has 3 aromatic rings. The van der Waals surface area contributed by atoms with E-state index in [2.05, 4.69) is 11.8 Å².